The Morgan fingerprint density at radius 2 is 1.72 bits per heavy atom. The molecule has 3 nitrogen and oxygen atoms in total. The minimum Gasteiger partial charge on any atom is -0.396 e. The van der Waals surface area contributed by atoms with E-state index < -0.39 is 17.6 Å². The van der Waals surface area contributed by atoms with Crippen LogP contribution < -0.4 is 5.73 Å². The Kier molecular flexibility index (Phi) is 3.16. The first-order valence-corrected chi connectivity index (χ1v) is 5.43. The summed E-state index contributed by atoms with van der Waals surface area (Å²) < 4.78 is 39.2. The second kappa shape index (κ2) is 4.37. The lowest BCUT2D eigenvalue weighted by molar-refractivity contribution is -0.142. The van der Waals surface area contributed by atoms with Gasteiger partial charge in [-0.1, -0.05) is 29.3 Å². The van der Waals surface area contributed by atoms with E-state index in [1.807, 2.05) is 0 Å². The second-order valence-electron chi connectivity index (χ2n) is 3.43. The summed E-state index contributed by atoms with van der Waals surface area (Å²) >= 11 is 11.7. The molecule has 0 aliphatic carbocycles. The van der Waals surface area contributed by atoms with Gasteiger partial charge in [0.05, 0.1) is 21.9 Å². The molecule has 0 spiro atoms. The summed E-state index contributed by atoms with van der Waals surface area (Å²) in [5.41, 5.74) is 3.64. The third-order valence-corrected chi connectivity index (χ3v) is 2.83. The quantitative estimate of drug-likeness (QED) is 0.870. The monoisotopic (exact) mass is 295 g/mol. The molecule has 0 fully saturated rings. The van der Waals surface area contributed by atoms with Gasteiger partial charge in [-0.15, -0.1) is 0 Å². The van der Waals surface area contributed by atoms with Crippen LogP contribution in [-0.2, 0) is 6.18 Å². The lowest BCUT2D eigenvalue weighted by Crippen LogP contribution is -2.15. The standard InChI is InChI=1S/C10H6Cl2F3N3/c11-5-2-1-3-6(12)8(5)18-9(10(13,14)15)7(16)4-17-18/h1-4H,16H2. The first-order valence-electron chi connectivity index (χ1n) is 4.67. The van der Waals surface area contributed by atoms with E-state index in [2.05, 4.69) is 5.10 Å². The van der Waals surface area contributed by atoms with Gasteiger partial charge in [0, 0.05) is 0 Å². The summed E-state index contributed by atoms with van der Waals surface area (Å²) in [6, 6.07) is 4.36. The van der Waals surface area contributed by atoms with Crippen molar-refractivity contribution in [1.82, 2.24) is 9.78 Å². The van der Waals surface area contributed by atoms with E-state index in [1.165, 1.54) is 18.2 Å². The maximum atomic E-state index is 12.9. The van der Waals surface area contributed by atoms with Gasteiger partial charge in [-0.25, -0.2) is 4.68 Å². The predicted molar refractivity (Wildman–Crippen MR) is 63.0 cm³/mol. The van der Waals surface area contributed by atoms with E-state index in [-0.39, 0.29) is 15.7 Å². The smallest absolute Gasteiger partial charge is 0.396 e. The average molecular weight is 296 g/mol. The highest BCUT2D eigenvalue weighted by molar-refractivity contribution is 6.37. The molecule has 96 valence electrons. The fourth-order valence-corrected chi connectivity index (χ4v) is 2.06. The molecule has 8 heteroatoms. The fraction of sp³-hybridized carbons (Fsp3) is 0.100. The molecule has 0 aliphatic rings. The van der Waals surface area contributed by atoms with Gasteiger partial charge in [-0.3, -0.25) is 0 Å². The number of nitrogen functional groups attached to an aromatic ring is 1. The molecule has 0 aliphatic heterocycles. The summed E-state index contributed by atoms with van der Waals surface area (Å²) in [4.78, 5) is 0. The SMILES string of the molecule is Nc1cnn(-c2c(Cl)cccc2Cl)c1C(F)(F)F. The second-order valence-corrected chi connectivity index (χ2v) is 4.24. The van der Waals surface area contributed by atoms with Crippen LogP contribution in [0.1, 0.15) is 5.69 Å². The third-order valence-electron chi connectivity index (χ3n) is 2.22. The Balaban J connectivity index is 2.74. The zero-order chi connectivity index (χ0) is 13.5. The Labute approximate surface area is 110 Å². The Bertz CT molecular complexity index is 572. The number of para-hydroxylation sites is 1. The Morgan fingerprint density at radius 1 is 1.17 bits per heavy atom. The molecule has 2 N–H and O–H groups in total. The number of benzene rings is 1. The molecule has 0 saturated carbocycles. The molecule has 0 unspecified atom stereocenters. The number of halogens is 5. The van der Waals surface area contributed by atoms with E-state index in [0.717, 1.165) is 6.20 Å². The molecular weight excluding hydrogens is 290 g/mol. The van der Waals surface area contributed by atoms with Gasteiger partial charge in [0.15, 0.2) is 5.69 Å². The molecule has 0 atom stereocenters. The molecule has 2 rings (SSSR count). The number of anilines is 1. The van der Waals surface area contributed by atoms with Crippen molar-refractivity contribution in [3.63, 3.8) is 0 Å². The van der Waals surface area contributed by atoms with Crippen LogP contribution in [0.15, 0.2) is 24.4 Å². The highest BCUT2D eigenvalue weighted by atomic mass is 35.5. The Hall–Kier alpha value is -1.40. The van der Waals surface area contributed by atoms with Crippen LogP contribution in [0.25, 0.3) is 5.69 Å². The van der Waals surface area contributed by atoms with Gasteiger partial charge in [-0.05, 0) is 12.1 Å². The van der Waals surface area contributed by atoms with Crippen molar-refractivity contribution in [1.29, 1.82) is 0 Å². The number of nitrogens with two attached hydrogens (primary N) is 1. The summed E-state index contributed by atoms with van der Waals surface area (Å²) in [6.07, 6.45) is -3.74. The van der Waals surface area contributed by atoms with Crippen LogP contribution in [0.2, 0.25) is 10.0 Å². The van der Waals surface area contributed by atoms with Crippen LogP contribution in [0.4, 0.5) is 18.9 Å². The zero-order valence-corrected chi connectivity index (χ0v) is 10.2. The number of alkyl halides is 3. The number of aromatic nitrogens is 2. The Morgan fingerprint density at radius 3 is 2.22 bits per heavy atom. The normalized spacial score (nSPS) is 11.8. The molecule has 0 radical (unpaired) electrons. The van der Waals surface area contributed by atoms with Gasteiger partial charge in [0.25, 0.3) is 0 Å². The van der Waals surface area contributed by atoms with E-state index in [0.29, 0.717) is 4.68 Å². The fourth-order valence-electron chi connectivity index (χ4n) is 1.51. The first-order chi connectivity index (χ1) is 8.32. The van der Waals surface area contributed by atoms with E-state index in [4.69, 9.17) is 28.9 Å². The molecule has 2 aromatic rings. The van der Waals surface area contributed by atoms with Crippen LogP contribution in [-0.4, -0.2) is 9.78 Å². The topological polar surface area (TPSA) is 43.8 Å². The highest BCUT2D eigenvalue weighted by Crippen LogP contribution is 2.38. The third kappa shape index (κ3) is 2.13. The van der Waals surface area contributed by atoms with E-state index >= 15 is 0 Å². The summed E-state index contributed by atoms with van der Waals surface area (Å²) in [5, 5.41) is 3.68. The first kappa shape index (κ1) is 13.0. The van der Waals surface area contributed by atoms with Crippen molar-refractivity contribution >= 4 is 28.9 Å². The zero-order valence-electron chi connectivity index (χ0n) is 8.67. The number of rotatable bonds is 1. The lowest BCUT2D eigenvalue weighted by Gasteiger charge is -2.13. The van der Waals surface area contributed by atoms with Gasteiger partial charge in [-0.2, -0.15) is 18.3 Å². The van der Waals surface area contributed by atoms with E-state index in [9.17, 15) is 13.2 Å². The molecule has 1 aromatic heterocycles. The minimum atomic E-state index is -4.65. The lowest BCUT2D eigenvalue weighted by atomic mass is 10.3. The maximum absolute atomic E-state index is 12.9. The molecule has 1 heterocycles. The van der Waals surface area contributed by atoms with Gasteiger partial charge in [0.1, 0.15) is 5.69 Å². The van der Waals surface area contributed by atoms with Gasteiger partial charge < -0.3 is 5.73 Å². The largest absolute Gasteiger partial charge is 0.435 e. The van der Waals surface area contributed by atoms with Gasteiger partial charge in [0.2, 0.25) is 0 Å². The minimum absolute atomic E-state index is 0.0511. The number of nitrogens with zero attached hydrogens (tertiary/aromatic N) is 2. The maximum Gasteiger partial charge on any atom is 0.435 e. The van der Waals surface area contributed by atoms with Crippen molar-refractivity contribution in [3.05, 3.63) is 40.1 Å². The van der Waals surface area contributed by atoms with Crippen LogP contribution in [0.5, 0.6) is 0 Å². The van der Waals surface area contributed by atoms with Crippen molar-refractivity contribution in [2.45, 2.75) is 6.18 Å². The van der Waals surface area contributed by atoms with Crippen LogP contribution >= 0.6 is 23.2 Å². The van der Waals surface area contributed by atoms with Crippen LogP contribution in [0, 0.1) is 0 Å². The molecule has 0 bridgehead atoms. The van der Waals surface area contributed by atoms with Crippen molar-refractivity contribution in [2.24, 2.45) is 0 Å². The summed E-state index contributed by atoms with van der Waals surface area (Å²) in [5.74, 6) is 0. The predicted octanol–water partition coefficient (Wildman–Crippen LogP) is 3.78. The van der Waals surface area contributed by atoms with E-state index in [1.54, 1.807) is 0 Å². The molecule has 0 saturated heterocycles. The molecule has 18 heavy (non-hydrogen) atoms. The molecule has 1 aromatic carbocycles. The number of hydrogen-bond donors (Lipinski definition) is 1. The summed E-state index contributed by atoms with van der Waals surface area (Å²) in [6.45, 7) is 0. The van der Waals surface area contributed by atoms with Crippen LogP contribution in [0.3, 0.4) is 0 Å². The number of hydrogen-bond acceptors (Lipinski definition) is 2. The molecular formula is C10H6Cl2F3N3. The van der Waals surface area contributed by atoms with Crippen molar-refractivity contribution < 1.29 is 13.2 Å². The van der Waals surface area contributed by atoms with Crippen molar-refractivity contribution in [3.8, 4) is 5.69 Å². The highest BCUT2D eigenvalue weighted by Gasteiger charge is 2.38. The van der Waals surface area contributed by atoms with Crippen molar-refractivity contribution in [2.75, 3.05) is 5.73 Å². The van der Waals surface area contributed by atoms with Gasteiger partial charge >= 0.3 is 6.18 Å². The summed E-state index contributed by atoms with van der Waals surface area (Å²) in [7, 11) is 0. The molecule has 0 amide bonds. The average Bonchev–Trinajstić information content (AvgIpc) is 2.59.